The number of hydrogen-bond donors (Lipinski definition) is 1. The van der Waals surface area contributed by atoms with Crippen molar-refractivity contribution in [2.75, 3.05) is 6.54 Å². The van der Waals surface area contributed by atoms with Crippen molar-refractivity contribution in [2.45, 2.75) is 18.0 Å². The topological polar surface area (TPSA) is 46.2 Å². The van der Waals surface area contributed by atoms with E-state index in [9.17, 15) is 21.6 Å². The van der Waals surface area contributed by atoms with Gasteiger partial charge in [0.1, 0.15) is 0 Å². The number of fused-ring (bicyclic) bond motifs is 1. The number of nitrogens with one attached hydrogen (secondary N) is 1. The molecule has 136 valence electrons. The van der Waals surface area contributed by atoms with Crippen molar-refractivity contribution in [1.82, 2.24) is 4.72 Å². The highest BCUT2D eigenvalue weighted by Crippen LogP contribution is 2.33. The van der Waals surface area contributed by atoms with Crippen LogP contribution >= 0.6 is 0 Å². The van der Waals surface area contributed by atoms with E-state index >= 15 is 0 Å². The predicted molar refractivity (Wildman–Crippen MR) is 95.2 cm³/mol. The lowest BCUT2D eigenvalue weighted by Crippen LogP contribution is -2.23. The fourth-order valence-corrected chi connectivity index (χ4v) is 3.87. The van der Waals surface area contributed by atoms with Crippen LogP contribution in [0.25, 0.3) is 21.9 Å². The van der Waals surface area contributed by atoms with E-state index in [2.05, 4.69) is 4.72 Å². The van der Waals surface area contributed by atoms with E-state index in [0.29, 0.717) is 10.9 Å². The first-order chi connectivity index (χ1) is 12.2. The van der Waals surface area contributed by atoms with E-state index in [0.717, 1.165) is 23.1 Å². The molecule has 0 heterocycles. The van der Waals surface area contributed by atoms with Gasteiger partial charge in [-0.3, -0.25) is 0 Å². The molecular formula is C19H16F3NO2S. The predicted octanol–water partition coefficient (Wildman–Crippen LogP) is 4.82. The van der Waals surface area contributed by atoms with Gasteiger partial charge in [-0.05, 0) is 46.2 Å². The molecule has 7 heteroatoms. The zero-order chi connectivity index (χ0) is 18.9. The van der Waals surface area contributed by atoms with E-state index in [1.54, 1.807) is 37.3 Å². The van der Waals surface area contributed by atoms with Crippen molar-refractivity contribution in [3.63, 3.8) is 0 Å². The molecule has 0 aliphatic rings. The minimum atomic E-state index is -4.38. The molecule has 1 N–H and O–H groups in total. The van der Waals surface area contributed by atoms with E-state index in [-0.39, 0.29) is 11.4 Å². The van der Waals surface area contributed by atoms with Crippen LogP contribution in [0.2, 0.25) is 0 Å². The highest BCUT2D eigenvalue weighted by molar-refractivity contribution is 7.89. The van der Waals surface area contributed by atoms with Gasteiger partial charge in [0.2, 0.25) is 10.0 Å². The lowest BCUT2D eigenvalue weighted by atomic mass is 9.97. The Morgan fingerprint density at radius 1 is 0.962 bits per heavy atom. The van der Waals surface area contributed by atoms with Gasteiger partial charge in [-0.2, -0.15) is 13.2 Å². The minimum absolute atomic E-state index is 0.149. The summed E-state index contributed by atoms with van der Waals surface area (Å²) in [6, 6.07) is 15.0. The molecule has 3 rings (SSSR count). The van der Waals surface area contributed by atoms with Gasteiger partial charge in [-0.1, -0.05) is 43.3 Å². The molecule has 0 radical (unpaired) electrons. The Bertz CT molecular complexity index is 1040. The van der Waals surface area contributed by atoms with Crippen LogP contribution in [0.4, 0.5) is 13.2 Å². The monoisotopic (exact) mass is 379 g/mol. The fourth-order valence-electron chi connectivity index (χ4n) is 2.79. The van der Waals surface area contributed by atoms with Gasteiger partial charge in [-0.15, -0.1) is 0 Å². The SMILES string of the molecule is CCNS(=O)(=O)c1ccc2c(-c3ccc(C(F)(F)F)cc3)cccc2c1. The molecule has 0 atom stereocenters. The molecule has 0 spiro atoms. The second kappa shape index (κ2) is 6.74. The summed E-state index contributed by atoms with van der Waals surface area (Å²) in [4.78, 5) is 0.149. The molecule has 0 unspecified atom stereocenters. The van der Waals surface area contributed by atoms with Gasteiger partial charge in [0, 0.05) is 6.54 Å². The molecule has 0 aliphatic heterocycles. The van der Waals surface area contributed by atoms with E-state index in [4.69, 9.17) is 0 Å². The Kier molecular flexibility index (Phi) is 4.77. The lowest BCUT2D eigenvalue weighted by molar-refractivity contribution is -0.137. The van der Waals surface area contributed by atoms with Crippen molar-refractivity contribution < 1.29 is 21.6 Å². The molecule has 3 aromatic rings. The summed E-state index contributed by atoms with van der Waals surface area (Å²) in [5, 5.41) is 1.46. The van der Waals surface area contributed by atoms with Crippen LogP contribution in [-0.2, 0) is 16.2 Å². The smallest absolute Gasteiger partial charge is 0.211 e. The Morgan fingerprint density at radius 2 is 1.65 bits per heavy atom. The molecule has 0 aromatic heterocycles. The normalized spacial score (nSPS) is 12.5. The molecule has 0 saturated heterocycles. The molecule has 0 bridgehead atoms. The Labute approximate surface area is 149 Å². The number of rotatable bonds is 4. The van der Waals surface area contributed by atoms with Crippen LogP contribution in [-0.4, -0.2) is 15.0 Å². The number of sulfonamides is 1. The van der Waals surface area contributed by atoms with Gasteiger partial charge in [0.15, 0.2) is 0 Å². The zero-order valence-electron chi connectivity index (χ0n) is 13.8. The number of hydrogen-bond acceptors (Lipinski definition) is 2. The van der Waals surface area contributed by atoms with Gasteiger partial charge in [0.05, 0.1) is 10.5 Å². The number of halogens is 3. The Morgan fingerprint density at radius 3 is 2.27 bits per heavy atom. The van der Waals surface area contributed by atoms with Crippen molar-refractivity contribution in [3.05, 3.63) is 66.2 Å². The maximum absolute atomic E-state index is 12.7. The van der Waals surface area contributed by atoms with Crippen LogP contribution < -0.4 is 4.72 Å². The van der Waals surface area contributed by atoms with Crippen molar-refractivity contribution in [3.8, 4) is 11.1 Å². The molecule has 3 nitrogen and oxygen atoms in total. The number of benzene rings is 3. The van der Waals surface area contributed by atoms with E-state index in [1.807, 2.05) is 0 Å². The summed E-state index contributed by atoms with van der Waals surface area (Å²) in [5.74, 6) is 0. The Balaban J connectivity index is 2.08. The molecule has 0 amide bonds. The summed E-state index contributed by atoms with van der Waals surface area (Å²) < 4.78 is 64.9. The highest BCUT2D eigenvalue weighted by Gasteiger charge is 2.30. The second-order valence-corrected chi connectivity index (χ2v) is 7.53. The van der Waals surface area contributed by atoms with E-state index in [1.165, 1.54) is 18.2 Å². The van der Waals surface area contributed by atoms with Crippen molar-refractivity contribution in [2.24, 2.45) is 0 Å². The van der Waals surface area contributed by atoms with Crippen LogP contribution in [0.5, 0.6) is 0 Å². The van der Waals surface area contributed by atoms with Gasteiger partial charge < -0.3 is 0 Å². The largest absolute Gasteiger partial charge is 0.416 e. The number of alkyl halides is 3. The molecule has 3 aromatic carbocycles. The standard InChI is InChI=1S/C19H16F3NO2S/c1-2-23-26(24,25)16-10-11-18-14(12-16)4-3-5-17(18)13-6-8-15(9-7-13)19(20,21)22/h3-12,23H,2H2,1H3. The lowest BCUT2D eigenvalue weighted by Gasteiger charge is -2.11. The summed E-state index contributed by atoms with van der Waals surface area (Å²) in [7, 11) is -3.58. The average molecular weight is 379 g/mol. The summed E-state index contributed by atoms with van der Waals surface area (Å²) in [6.07, 6.45) is -4.38. The van der Waals surface area contributed by atoms with Gasteiger partial charge >= 0.3 is 6.18 Å². The van der Waals surface area contributed by atoms with Gasteiger partial charge in [-0.25, -0.2) is 13.1 Å². The summed E-state index contributed by atoms with van der Waals surface area (Å²) >= 11 is 0. The quantitative estimate of drug-likeness (QED) is 0.706. The second-order valence-electron chi connectivity index (χ2n) is 5.76. The summed E-state index contributed by atoms with van der Waals surface area (Å²) in [6.45, 7) is 1.98. The highest BCUT2D eigenvalue weighted by atomic mass is 32.2. The zero-order valence-corrected chi connectivity index (χ0v) is 14.7. The molecule has 0 saturated carbocycles. The van der Waals surface area contributed by atoms with Crippen LogP contribution in [0.3, 0.4) is 0 Å². The molecule has 26 heavy (non-hydrogen) atoms. The fraction of sp³-hybridized carbons (Fsp3) is 0.158. The first kappa shape index (κ1) is 18.4. The third-order valence-corrected chi connectivity index (χ3v) is 5.56. The Hall–Kier alpha value is -2.38. The average Bonchev–Trinajstić information content (AvgIpc) is 2.60. The third kappa shape index (κ3) is 3.59. The molecular weight excluding hydrogens is 363 g/mol. The van der Waals surface area contributed by atoms with Crippen LogP contribution in [0.15, 0.2) is 65.6 Å². The minimum Gasteiger partial charge on any atom is -0.211 e. The van der Waals surface area contributed by atoms with Gasteiger partial charge in [0.25, 0.3) is 0 Å². The molecule has 0 fully saturated rings. The van der Waals surface area contributed by atoms with Crippen molar-refractivity contribution in [1.29, 1.82) is 0 Å². The maximum atomic E-state index is 12.7. The maximum Gasteiger partial charge on any atom is 0.416 e. The van der Waals surface area contributed by atoms with Crippen LogP contribution in [0.1, 0.15) is 12.5 Å². The first-order valence-corrected chi connectivity index (χ1v) is 9.41. The third-order valence-electron chi connectivity index (χ3n) is 4.02. The van der Waals surface area contributed by atoms with Crippen LogP contribution in [0, 0.1) is 0 Å². The first-order valence-electron chi connectivity index (χ1n) is 7.92. The summed E-state index contributed by atoms with van der Waals surface area (Å²) in [5.41, 5.74) is 0.662. The van der Waals surface area contributed by atoms with Crippen molar-refractivity contribution >= 4 is 20.8 Å². The van der Waals surface area contributed by atoms with E-state index < -0.39 is 21.8 Å². The molecule has 0 aliphatic carbocycles.